The number of ether oxygens (including phenoxy) is 2. The molecule has 0 heterocycles. The molecule has 0 atom stereocenters. The fourth-order valence-electron chi connectivity index (χ4n) is 1.85. The quantitative estimate of drug-likeness (QED) is 0.583. The van der Waals surface area contributed by atoms with Gasteiger partial charge in [-0.3, -0.25) is 0 Å². The Morgan fingerprint density at radius 2 is 2.10 bits per heavy atom. The standard InChI is InChI=1S/C17H25NO2/c1-5-6-7-11-20-17-15(13-18-12-14(2)3)9-8-10-16(17)19-4/h8-10,14,18H,7,11-13H2,1-4H3. The lowest BCUT2D eigenvalue weighted by molar-refractivity contribution is 0.297. The number of hydrogen-bond acceptors (Lipinski definition) is 3. The molecule has 3 heteroatoms. The largest absolute Gasteiger partial charge is 0.493 e. The van der Waals surface area contributed by atoms with Crippen LogP contribution in [0.15, 0.2) is 18.2 Å². The lowest BCUT2D eigenvalue weighted by Crippen LogP contribution is -2.19. The molecule has 1 rings (SSSR count). The van der Waals surface area contributed by atoms with Gasteiger partial charge in [-0.25, -0.2) is 0 Å². The van der Waals surface area contributed by atoms with Crippen molar-refractivity contribution < 1.29 is 9.47 Å². The summed E-state index contributed by atoms with van der Waals surface area (Å²) in [6.45, 7) is 8.57. The van der Waals surface area contributed by atoms with Crippen molar-refractivity contribution in [3.63, 3.8) is 0 Å². The second-order valence-corrected chi connectivity index (χ2v) is 5.00. The fourth-order valence-corrected chi connectivity index (χ4v) is 1.85. The molecule has 0 aliphatic carbocycles. The van der Waals surface area contributed by atoms with E-state index in [1.54, 1.807) is 7.11 Å². The van der Waals surface area contributed by atoms with Crippen molar-refractivity contribution in [3.8, 4) is 23.3 Å². The third-order valence-electron chi connectivity index (χ3n) is 2.80. The number of para-hydroxylation sites is 1. The van der Waals surface area contributed by atoms with Crippen LogP contribution in [-0.4, -0.2) is 20.3 Å². The first kappa shape index (κ1) is 16.4. The minimum absolute atomic E-state index is 0.582. The zero-order chi connectivity index (χ0) is 14.8. The Bertz CT molecular complexity index is 458. The van der Waals surface area contributed by atoms with E-state index >= 15 is 0 Å². The first-order valence-electron chi connectivity index (χ1n) is 7.08. The summed E-state index contributed by atoms with van der Waals surface area (Å²) in [6, 6.07) is 5.98. The summed E-state index contributed by atoms with van der Waals surface area (Å²) in [5, 5.41) is 3.43. The van der Waals surface area contributed by atoms with Crippen molar-refractivity contribution in [1.29, 1.82) is 0 Å². The molecule has 0 unspecified atom stereocenters. The molecular weight excluding hydrogens is 250 g/mol. The molecular formula is C17H25NO2. The number of nitrogens with one attached hydrogen (secondary N) is 1. The van der Waals surface area contributed by atoms with Crippen molar-refractivity contribution in [3.05, 3.63) is 23.8 Å². The van der Waals surface area contributed by atoms with E-state index in [0.717, 1.165) is 36.6 Å². The minimum atomic E-state index is 0.582. The van der Waals surface area contributed by atoms with Crippen molar-refractivity contribution in [1.82, 2.24) is 5.32 Å². The maximum absolute atomic E-state index is 5.85. The average Bonchev–Trinajstić information content (AvgIpc) is 2.44. The second kappa shape index (κ2) is 9.28. The summed E-state index contributed by atoms with van der Waals surface area (Å²) in [5.74, 6) is 8.10. The van der Waals surface area contributed by atoms with Gasteiger partial charge in [0.1, 0.15) is 0 Å². The highest BCUT2D eigenvalue weighted by atomic mass is 16.5. The van der Waals surface area contributed by atoms with Crippen LogP contribution in [0, 0.1) is 17.8 Å². The number of hydrogen-bond donors (Lipinski definition) is 1. The first-order valence-corrected chi connectivity index (χ1v) is 7.08. The van der Waals surface area contributed by atoms with Gasteiger partial charge in [0.15, 0.2) is 11.5 Å². The lowest BCUT2D eigenvalue weighted by Gasteiger charge is -2.15. The van der Waals surface area contributed by atoms with E-state index in [9.17, 15) is 0 Å². The minimum Gasteiger partial charge on any atom is -0.493 e. The summed E-state index contributed by atoms with van der Waals surface area (Å²) >= 11 is 0. The molecule has 0 aromatic heterocycles. The molecule has 110 valence electrons. The Morgan fingerprint density at radius 1 is 1.30 bits per heavy atom. The van der Waals surface area contributed by atoms with E-state index in [-0.39, 0.29) is 0 Å². The van der Waals surface area contributed by atoms with E-state index < -0.39 is 0 Å². The predicted octanol–water partition coefficient (Wildman–Crippen LogP) is 3.23. The van der Waals surface area contributed by atoms with E-state index in [4.69, 9.17) is 9.47 Å². The van der Waals surface area contributed by atoms with Crippen LogP contribution in [0.2, 0.25) is 0 Å². The molecule has 0 radical (unpaired) electrons. The zero-order valence-electron chi connectivity index (χ0n) is 13.0. The van der Waals surface area contributed by atoms with Gasteiger partial charge in [0.25, 0.3) is 0 Å². The predicted molar refractivity (Wildman–Crippen MR) is 83.1 cm³/mol. The maximum atomic E-state index is 5.85. The summed E-state index contributed by atoms with van der Waals surface area (Å²) in [7, 11) is 1.67. The normalized spacial score (nSPS) is 10.1. The van der Waals surface area contributed by atoms with Crippen LogP contribution in [0.4, 0.5) is 0 Å². The van der Waals surface area contributed by atoms with Gasteiger partial charge < -0.3 is 14.8 Å². The topological polar surface area (TPSA) is 30.5 Å². The Labute approximate surface area is 122 Å². The molecule has 0 amide bonds. The highest BCUT2D eigenvalue weighted by Crippen LogP contribution is 2.31. The number of rotatable bonds is 8. The Kier molecular flexibility index (Phi) is 7.60. The molecule has 3 nitrogen and oxygen atoms in total. The molecule has 1 N–H and O–H groups in total. The van der Waals surface area contributed by atoms with Gasteiger partial charge in [-0.2, -0.15) is 0 Å². The molecule has 0 saturated heterocycles. The SMILES string of the molecule is CC#CCCOc1c(CNCC(C)C)cccc1OC. The average molecular weight is 275 g/mol. The maximum Gasteiger partial charge on any atom is 0.165 e. The highest BCUT2D eigenvalue weighted by Gasteiger charge is 2.10. The van der Waals surface area contributed by atoms with E-state index in [2.05, 4.69) is 37.1 Å². The van der Waals surface area contributed by atoms with Crippen LogP contribution in [0.25, 0.3) is 0 Å². The van der Waals surface area contributed by atoms with Crippen LogP contribution in [-0.2, 0) is 6.54 Å². The van der Waals surface area contributed by atoms with Crippen LogP contribution in [0.1, 0.15) is 32.8 Å². The molecule has 0 bridgehead atoms. The van der Waals surface area contributed by atoms with Crippen molar-refractivity contribution >= 4 is 0 Å². The van der Waals surface area contributed by atoms with Gasteiger partial charge in [-0.15, -0.1) is 11.8 Å². The van der Waals surface area contributed by atoms with Gasteiger partial charge in [-0.05, 0) is 25.5 Å². The summed E-state index contributed by atoms with van der Waals surface area (Å²) in [6.07, 6.45) is 0.730. The molecule has 0 aliphatic heterocycles. The van der Waals surface area contributed by atoms with Crippen LogP contribution in [0.3, 0.4) is 0 Å². The van der Waals surface area contributed by atoms with Crippen molar-refractivity contribution in [2.24, 2.45) is 5.92 Å². The van der Waals surface area contributed by atoms with Crippen molar-refractivity contribution in [2.45, 2.75) is 33.7 Å². The van der Waals surface area contributed by atoms with E-state index in [1.165, 1.54) is 0 Å². The zero-order valence-corrected chi connectivity index (χ0v) is 13.0. The third kappa shape index (κ3) is 5.54. The van der Waals surface area contributed by atoms with E-state index in [1.807, 2.05) is 19.1 Å². The summed E-state index contributed by atoms with van der Waals surface area (Å²) in [5.41, 5.74) is 1.12. The Balaban J connectivity index is 2.72. The molecule has 0 spiro atoms. The van der Waals surface area contributed by atoms with Gasteiger partial charge in [0, 0.05) is 18.5 Å². The van der Waals surface area contributed by atoms with Gasteiger partial charge in [0.2, 0.25) is 0 Å². The number of benzene rings is 1. The van der Waals surface area contributed by atoms with Crippen LogP contribution in [0.5, 0.6) is 11.5 Å². The van der Waals surface area contributed by atoms with Gasteiger partial charge >= 0.3 is 0 Å². The highest BCUT2D eigenvalue weighted by molar-refractivity contribution is 5.46. The molecule has 1 aromatic carbocycles. The van der Waals surface area contributed by atoms with Gasteiger partial charge in [-0.1, -0.05) is 26.0 Å². The molecule has 0 aliphatic rings. The number of methoxy groups -OCH3 is 1. The molecule has 0 saturated carbocycles. The van der Waals surface area contributed by atoms with Crippen LogP contribution >= 0.6 is 0 Å². The molecule has 20 heavy (non-hydrogen) atoms. The van der Waals surface area contributed by atoms with E-state index in [0.29, 0.717) is 12.5 Å². The van der Waals surface area contributed by atoms with Crippen LogP contribution < -0.4 is 14.8 Å². The Morgan fingerprint density at radius 3 is 2.75 bits per heavy atom. The second-order valence-electron chi connectivity index (χ2n) is 5.00. The smallest absolute Gasteiger partial charge is 0.165 e. The fraction of sp³-hybridized carbons (Fsp3) is 0.529. The monoisotopic (exact) mass is 275 g/mol. The Hall–Kier alpha value is -1.66. The van der Waals surface area contributed by atoms with Crippen molar-refractivity contribution in [2.75, 3.05) is 20.3 Å². The lowest BCUT2D eigenvalue weighted by atomic mass is 10.1. The molecule has 0 fully saturated rings. The van der Waals surface area contributed by atoms with Gasteiger partial charge in [0.05, 0.1) is 13.7 Å². The molecule has 1 aromatic rings. The summed E-state index contributed by atoms with van der Waals surface area (Å²) in [4.78, 5) is 0. The summed E-state index contributed by atoms with van der Waals surface area (Å²) < 4.78 is 11.2. The third-order valence-corrected chi connectivity index (χ3v) is 2.80. The first-order chi connectivity index (χ1) is 9.69.